The fourth-order valence-corrected chi connectivity index (χ4v) is 2.61. The number of rotatable bonds is 6. The summed E-state index contributed by atoms with van der Waals surface area (Å²) < 4.78 is 7.50. The van der Waals surface area contributed by atoms with Gasteiger partial charge < -0.3 is 15.4 Å². The maximum absolute atomic E-state index is 11.7. The smallest absolute Gasteiger partial charge is 0.314 e. The molecule has 2 amide bonds. The molecule has 1 aromatic heterocycles. The van der Waals surface area contributed by atoms with Gasteiger partial charge in [-0.2, -0.15) is 5.10 Å². The second-order valence-electron chi connectivity index (χ2n) is 5.53. The van der Waals surface area contributed by atoms with Gasteiger partial charge in [-0.15, -0.1) is 0 Å². The highest BCUT2D eigenvalue weighted by Crippen LogP contribution is 2.25. The molecule has 2 heterocycles. The van der Waals surface area contributed by atoms with Crippen molar-refractivity contribution in [3.8, 4) is 0 Å². The number of carbonyl (C=O) groups excluding carboxylic acids is 1. The largest absolute Gasteiger partial charge is 0.378 e. The van der Waals surface area contributed by atoms with Gasteiger partial charge in [0.2, 0.25) is 0 Å². The average molecular weight is 280 g/mol. The van der Waals surface area contributed by atoms with E-state index in [1.807, 2.05) is 12.3 Å². The number of ether oxygens (including phenoxy) is 1. The lowest BCUT2D eigenvalue weighted by Crippen LogP contribution is -2.41. The van der Waals surface area contributed by atoms with E-state index in [4.69, 9.17) is 4.74 Å². The number of carbonyl (C=O) groups is 1. The summed E-state index contributed by atoms with van der Waals surface area (Å²) >= 11 is 0. The zero-order chi connectivity index (χ0) is 14.4. The molecule has 0 spiro atoms. The summed E-state index contributed by atoms with van der Waals surface area (Å²) in [5.74, 6) is 0.916. The lowest BCUT2D eigenvalue weighted by atomic mass is 9.93. The Morgan fingerprint density at radius 3 is 3.05 bits per heavy atom. The van der Waals surface area contributed by atoms with Crippen LogP contribution in [0.5, 0.6) is 0 Å². The van der Waals surface area contributed by atoms with Gasteiger partial charge in [-0.3, -0.25) is 4.68 Å². The van der Waals surface area contributed by atoms with Crippen LogP contribution >= 0.6 is 0 Å². The van der Waals surface area contributed by atoms with Crippen LogP contribution in [0.3, 0.4) is 0 Å². The zero-order valence-electron chi connectivity index (χ0n) is 12.2. The van der Waals surface area contributed by atoms with E-state index in [1.165, 1.54) is 0 Å². The van der Waals surface area contributed by atoms with Crippen molar-refractivity contribution in [3.63, 3.8) is 0 Å². The Morgan fingerprint density at radius 2 is 2.35 bits per heavy atom. The van der Waals surface area contributed by atoms with Gasteiger partial charge in [-0.1, -0.05) is 13.8 Å². The summed E-state index contributed by atoms with van der Waals surface area (Å²) in [6.07, 6.45) is 4.89. The van der Waals surface area contributed by atoms with Crippen molar-refractivity contribution >= 4 is 6.03 Å². The van der Waals surface area contributed by atoms with Gasteiger partial charge in [-0.05, 0) is 18.4 Å². The first-order valence-electron chi connectivity index (χ1n) is 7.27. The Kier molecular flexibility index (Phi) is 5.40. The van der Waals surface area contributed by atoms with Crippen molar-refractivity contribution in [3.05, 3.63) is 18.5 Å². The average Bonchev–Trinajstić information content (AvgIpc) is 3.07. The molecule has 0 unspecified atom stereocenters. The highest BCUT2D eigenvalue weighted by Gasteiger charge is 2.30. The molecule has 1 aliphatic heterocycles. The molecule has 0 bridgehead atoms. The summed E-state index contributed by atoms with van der Waals surface area (Å²) in [6, 6.07) is 1.75. The first kappa shape index (κ1) is 14.8. The van der Waals surface area contributed by atoms with Crippen LogP contribution < -0.4 is 10.6 Å². The van der Waals surface area contributed by atoms with Crippen LogP contribution in [-0.2, 0) is 11.3 Å². The molecule has 112 valence electrons. The summed E-state index contributed by atoms with van der Waals surface area (Å²) in [7, 11) is 0. The summed E-state index contributed by atoms with van der Waals surface area (Å²) in [5, 5.41) is 9.85. The molecule has 0 saturated carbocycles. The minimum Gasteiger partial charge on any atom is -0.378 e. The van der Waals surface area contributed by atoms with E-state index in [1.54, 1.807) is 10.9 Å². The molecule has 6 nitrogen and oxygen atoms in total. The Labute approximate surface area is 119 Å². The third kappa shape index (κ3) is 4.23. The third-order valence-electron chi connectivity index (χ3n) is 3.63. The molecule has 0 aliphatic carbocycles. The van der Waals surface area contributed by atoms with Crippen LogP contribution in [0.2, 0.25) is 0 Å². The second-order valence-corrected chi connectivity index (χ2v) is 5.53. The number of nitrogens with zero attached hydrogens (tertiary/aromatic N) is 2. The van der Waals surface area contributed by atoms with Gasteiger partial charge >= 0.3 is 6.03 Å². The molecule has 2 N–H and O–H groups in total. The van der Waals surface area contributed by atoms with Crippen molar-refractivity contribution in [2.45, 2.75) is 32.9 Å². The number of nitrogens with one attached hydrogen (secondary N) is 2. The maximum Gasteiger partial charge on any atom is 0.314 e. The summed E-state index contributed by atoms with van der Waals surface area (Å²) in [6.45, 7) is 7.05. The first-order valence-corrected chi connectivity index (χ1v) is 7.27. The molecule has 1 aliphatic rings. The van der Waals surface area contributed by atoms with Crippen LogP contribution in [0.15, 0.2) is 18.5 Å². The van der Waals surface area contributed by atoms with Crippen molar-refractivity contribution in [2.75, 3.05) is 19.7 Å². The van der Waals surface area contributed by atoms with Gasteiger partial charge in [0.05, 0.1) is 12.6 Å². The first-order chi connectivity index (χ1) is 9.66. The molecule has 6 heteroatoms. The Balaban J connectivity index is 1.62. The standard InChI is InChI=1S/C14H24N4O2/c1-11(2)13-12(4-9-20-13)10-16-14(19)15-6-8-18-7-3-5-17-18/h3,5,7,11-13H,4,6,8-10H2,1-2H3,(H2,15,16,19)/t12-,13-/m1/s1. The van der Waals surface area contributed by atoms with Crippen LogP contribution in [0.25, 0.3) is 0 Å². The molecule has 0 radical (unpaired) electrons. The second kappa shape index (κ2) is 7.28. The van der Waals surface area contributed by atoms with E-state index in [0.29, 0.717) is 31.5 Å². The van der Waals surface area contributed by atoms with Crippen molar-refractivity contribution in [2.24, 2.45) is 11.8 Å². The quantitative estimate of drug-likeness (QED) is 0.824. The molecule has 20 heavy (non-hydrogen) atoms. The minimum atomic E-state index is -0.119. The molecular weight excluding hydrogens is 256 g/mol. The minimum absolute atomic E-state index is 0.119. The van der Waals surface area contributed by atoms with Gasteiger partial charge in [0.1, 0.15) is 0 Å². The number of hydrogen-bond acceptors (Lipinski definition) is 3. The molecule has 2 atom stereocenters. The molecular formula is C14H24N4O2. The van der Waals surface area contributed by atoms with E-state index in [9.17, 15) is 4.79 Å². The molecule has 1 fully saturated rings. The fourth-order valence-electron chi connectivity index (χ4n) is 2.61. The van der Waals surface area contributed by atoms with E-state index < -0.39 is 0 Å². The van der Waals surface area contributed by atoms with Crippen LogP contribution in [0.1, 0.15) is 20.3 Å². The van der Waals surface area contributed by atoms with Gasteiger partial charge in [0, 0.05) is 38.0 Å². The predicted molar refractivity (Wildman–Crippen MR) is 76.3 cm³/mol. The molecule has 0 aromatic carbocycles. The third-order valence-corrected chi connectivity index (χ3v) is 3.63. The monoisotopic (exact) mass is 280 g/mol. The Hall–Kier alpha value is -1.56. The maximum atomic E-state index is 11.7. The molecule has 1 saturated heterocycles. The number of aromatic nitrogens is 2. The summed E-state index contributed by atoms with van der Waals surface area (Å²) in [5.41, 5.74) is 0. The number of amides is 2. The Bertz CT molecular complexity index is 405. The topological polar surface area (TPSA) is 68.2 Å². The van der Waals surface area contributed by atoms with E-state index in [0.717, 1.165) is 13.0 Å². The van der Waals surface area contributed by atoms with Crippen LogP contribution in [0.4, 0.5) is 4.79 Å². The van der Waals surface area contributed by atoms with E-state index in [-0.39, 0.29) is 12.1 Å². The fraction of sp³-hybridized carbons (Fsp3) is 0.714. The predicted octanol–water partition coefficient (Wildman–Crippen LogP) is 1.24. The normalized spacial score (nSPS) is 22.1. The van der Waals surface area contributed by atoms with Gasteiger partial charge in [0.25, 0.3) is 0 Å². The van der Waals surface area contributed by atoms with Crippen molar-refractivity contribution < 1.29 is 9.53 Å². The number of urea groups is 1. The van der Waals surface area contributed by atoms with Crippen molar-refractivity contribution in [1.82, 2.24) is 20.4 Å². The zero-order valence-corrected chi connectivity index (χ0v) is 12.2. The number of hydrogen-bond donors (Lipinski definition) is 2. The van der Waals surface area contributed by atoms with Gasteiger partial charge in [-0.25, -0.2) is 4.79 Å². The Morgan fingerprint density at radius 1 is 1.50 bits per heavy atom. The summed E-state index contributed by atoms with van der Waals surface area (Å²) in [4.78, 5) is 11.7. The highest BCUT2D eigenvalue weighted by molar-refractivity contribution is 5.73. The lowest BCUT2D eigenvalue weighted by molar-refractivity contribution is 0.0545. The van der Waals surface area contributed by atoms with Gasteiger partial charge in [0.15, 0.2) is 0 Å². The van der Waals surface area contributed by atoms with E-state index >= 15 is 0 Å². The van der Waals surface area contributed by atoms with Crippen LogP contribution in [0, 0.1) is 11.8 Å². The van der Waals surface area contributed by atoms with Crippen LogP contribution in [-0.4, -0.2) is 41.6 Å². The van der Waals surface area contributed by atoms with Crippen molar-refractivity contribution in [1.29, 1.82) is 0 Å². The molecule has 1 aromatic rings. The molecule has 2 rings (SSSR count). The lowest BCUT2D eigenvalue weighted by Gasteiger charge is -2.22. The SMILES string of the molecule is CC(C)[C@H]1OCC[C@@H]1CNC(=O)NCCn1cccn1. The highest BCUT2D eigenvalue weighted by atomic mass is 16.5. The van der Waals surface area contributed by atoms with E-state index in [2.05, 4.69) is 29.6 Å².